The minimum atomic E-state index is -0.280. The Bertz CT molecular complexity index is 533. The van der Waals surface area contributed by atoms with Crippen molar-refractivity contribution in [2.75, 3.05) is 32.8 Å². The zero-order valence-corrected chi connectivity index (χ0v) is 12.8. The van der Waals surface area contributed by atoms with E-state index >= 15 is 0 Å². The lowest BCUT2D eigenvalue weighted by Crippen LogP contribution is -2.52. The third-order valence-electron chi connectivity index (χ3n) is 3.79. The quantitative estimate of drug-likeness (QED) is 0.786. The molecule has 2 aliphatic heterocycles. The summed E-state index contributed by atoms with van der Waals surface area (Å²) in [6.45, 7) is 4.63. The van der Waals surface area contributed by atoms with Crippen LogP contribution in [0.25, 0.3) is 0 Å². The number of ether oxygens (including phenoxy) is 1. The molecule has 3 heterocycles. The second-order valence-electron chi connectivity index (χ2n) is 5.27. The number of amides is 2. The molecule has 7 nitrogen and oxygen atoms in total. The number of carbonyl (C=O) groups is 2. The normalized spacial score (nSPS) is 22.6. The summed E-state index contributed by atoms with van der Waals surface area (Å²) < 4.78 is 9.46. The second kappa shape index (κ2) is 6.07. The maximum absolute atomic E-state index is 12.3. The molecule has 8 heteroatoms. The van der Waals surface area contributed by atoms with E-state index in [4.69, 9.17) is 4.74 Å². The fourth-order valence-corrected chi connectivity index (χ4v) is 3.26. The summed E-state index contributed by atoms with van der Waals surface area (Å²) in [4.78, 5) is 32.1. The highest BCUT2D eigenvalue weighted by atomic mass is 32.1. The summed E-state index contributed by atoms with van der Waals surface area (Å²) in [7, 11) is 0. The molecule has 0 unspecified atom stereocenters. The predicted molar refractivity (Wildman–Crippen MR) is 76.1 cm³/mol. The molecule has 2 amide bonds. The molecule has 1 aromatic rings. The first-order chi connectivity index (χ1) is 10.1. The van der Waals surface area contributed by atoms with Gasteiger partial charge in [-0.25, -0.2) is 4.98 Å². The molecular formula is C13H18N4O3S. The maximum atomic E-state index is 12.3. The van der Waals surface area contributed by atoms with Crippen LogP contribution in [0.1, 0.15) is 28.5 Å². The van der Waals surface area contributed by atoms with Crippen LogP contribution in [0.15, 0.2) is 0 Å². The third-order valence-corrected chi connectivity index (χ3v) is 4.59. The van der Waals surface area contributed by atoms with Crippen LogP contribution in [-0.4, -0.2) is 69.9 Å². The topological polar surface area (TPSA) is 75.6 Å². The van der Waals surface area contributed by atoms with Crippen LogP contribution in [0.2, 0.25) is 0 Å². The van der Waals surface area contributed by atoms with E-state index in [0.29, 0.717) is 43.6 Å². The van der Waals surface area contributed by atoms with Crippen molar-refractivity contribution in [3.63, 3.8) is 0 Å². The Labute approximate surface area is 127 Å². The van der Waals surface area contributed by atoms with Gasteiger partial charge < -0.3 is 14.5 Å². The zero-order chi connectivity index (χ0) is 14.8. The van der Waals surface area contributed by atoms with Gasteiger partial charge in [0, 0.05) is 32.8 Å². The van der Waals surface area contributed by atoms with E-state index < -0.39 is 0 Å². The summed E-state index contributed by atoms with van der Waals surface area (Å²) in [5.74, 6) is 0.590. The Kier molecular flexibility index (Phi) is 4.16. The maximum Gasteiger partial charge on any atom is 0.284 e. The van der Waals surface area contributed by atoms with Gasteiger partial charge in [-0.2, -0.15) is 4.37 Å². The first-order valence-electron chi connectivity index (χ1n) is 7.15. The molecule has 2 saturated heterocycles. The Morgan fingerprint density at radius 3 is 2.52 bits per heavy atom. The minimum Gasteiger partial charge on any atom is -0.368 e. The summed E-state index contributed by atoms with van der Waals surface area (Å²) in [6.07, 6.45) is 1.48. The monoisotopic (exact) mass is 310 g/mol. The average Bonchev–Trinajstić information content (AvgIpc) is 3.17. The highest BCUT2D eigenvalue weighted by Crippen LogP contribution is 2.17. The van der Waals surface area contributed by atoms with Crippen molar-refractivity contribution in [2.45, 2.75) is 25.9 Å². The molecule has 0 spiro atoms. The number of aryl methyl sites for hydroxylation is 1. The van der Waals surface area contributed by atoms with Gasteiger partial charge in [0.15, 0.2) is 0 Å². The van der Waals surface area contributed by atoms with E-state index in [1.165, 1.54) is 0 Å². The van der Waals surface area contributed by atoms with Crippen molar-refractivity contribution >= 4 is 23.3 Å². The second-order valence-corrected chi connectivity index (χ2v) is 6.02. The molecule has 1 aromatic heterocycles. The van der Waals surface area contributed by atoms with Crippen molar-refractivity contribution in [3.05, 3.63) is 10.8 Å². The van der Waals surface area contributed by atoms with E-state index in [9.17, 15) is 9.59 Å². The molecule has 21 heavy (non-hydrogen) atoms. The van der Waals surface area contributed by atoms with Gasteiger partial charge in [-0.15, -0.1) is 0 Å². The number of hydrogen-bond acceptors (Lipinski definition) is 6. The first-order valence-corrected chi connectivity index (χ1v) is 7.92. The zero-order valence-electron chi connectivity index (χ0n) is 11.9. The largest absolute Gasteiger partial charge is 0.368 e. The van der Waals surface area contributed by atoms with Crippen LogP contribution in [-0.2, 0) is 9.53 Å². The van der Waals surface area contributed by atoms with E-state index in [0.717, 1.165) is 24.4 Å². The summed E-state index contributed by atoms with van der Waals surface area (Å²) >= 11 is 1.13. The van der Waals surface area contributed by atoms with Crippen LogP contribution in [0, 0.1) is 6.92 Å². The Hall–Kier alpha value is -1.54. The van der Waals surface area contributed by atoms with Gasteiger partial charge in [-0.3, -0.25) is 9.59 Å². The van der Waals surface area contributed by atoms with Crippen molar-refractivity contribution in [2.24, 2.45) is 0 Å². The first kappa shape index (κ1) is 14.4. The van der Waals surface area contributed by atoms with Gasteiger partial charge in [0.25, 0.3) is 11.8 Å². The fraction of sp³-hybridized carbons (Fsp3) is 0.692. The molecule has 0 saturated carbocycles. The smallest absolute Gasteiger partial charge is 0.284 e. The molecule has 0 aromatic carbocycles. The SMILES string of the molecule is Cc1nsc(C(=O)N2CCN(C(=O)[C@@H]3CCCO3)CC2)n1. The molecule has 0 radical (unpaired) electrons. The molecule has 2 fully saturated rings. The standard InChI is InChI=1S/C13H18N4O3S/c1-9-14-11(21-15-9)13(19)17-6-4-16(5-7-17)12(18)10-3-2-8-20-10/h10H,2-8H2,1H3/t10-/m0/s1. The predicted octanol–water partition coefficient (Wildman–Crippen LogP) is 0.310. The summed E-state index contributed by atoms with van der Waals surface area (Å²) in [6, 6.07) is 0. The lowest BCUT2D eigenvalue weighted by molar-refractivity contribution is -0.142. The number of carbonyl (C=O) groups excluding carboxylic acids is 2. The highest BCUT2D eigenvalue weighted by molar-refractivity contribution is 7.07. The molecule has 3 rings (SSSR count). The van der Waals surface area contributed by atoms with Crippen LogP contribution in [0.5, 0.6) is 0 Å². The van der Waals surface area contributed by atoms with Crippen molar-refractivity contribution in [1.82, 2.24) is 19.2 Å². The molecule has 2 aliphatic rings. The minimum absolute atomic E-state index is 0.0614. The molecular weight excluding hydrogens is 292 g/mol. The molecule has 1 atom stereocenters. The van der Waals surface area contributed by atoms with E-state index in [2.05, 4.69) is 9.36 Å². The molecule has 114 valence electrons. The lowest BCUT2D eigenvalue weighted by atomic mass is 10.2. The van der Waals surface area contributed by atoms with Crippen molar-refractivity contribution in [3.8, 4) is 0 Å². The van der Waals surface area contributed by atoms with Gasteiger partial charge in [-0.1, -0.05) is 0 Å². The Balaban J connectivity index is 1.55. The number of piperazine rings is 1. The molecule has 0 bridgehead atoms. The average molecular weight is 310 g/mol. The van der Waals surface area contributed by atoms with E-state index in [-0.39, 0.29) is 17.9 Å². The summed E-state index contributed by atoms with van der Waals surface area (Å²) in [5.41, 5.74) is 0. The Morgan fingerprint density at radius 1 is 1.24 bits per heavy atom. The van der Waals surface area contributed by atoms with Gasteiger partial charge in [0.1, 0.15) is 11.9 Å². The number of nitrogens with zero attached hydrogens (tertiary/aromatic N) is 4. The van der Waals surface area contributed by atoms with Gasteiger partial charge >= 0.3 is 0 Å². The third kappa shape index (κ3) is 3.06. The molecule has 0 aliphatic carbocycles. The summed E-state index contributed by atoms with van der Waals surface area (Å²) in [5, 5.41) is 0.423. The Morgan fingerprint density at radius 2 is 1.95 bits per heavy atom. The van der Waals surface area contributed by atoms with Gasteiger partial charge in [-0.05, 0) is 31.3 Å². The van der Waals surface area contributed by atoms with Gasteiger partial charge in [0.05, 0.1) is 0 Å². The van der Waals surface area contributed by atoms with Crippen LogP contribution in [0.4, 0.5) is 0 Å². The lowest BCUT2D eigenvalue weighted by Gasteiger charge is -2.35. The van der Waals surface area contributed by atoms with Gasteiger partial charge in [0.2, 0.25) is 5.01 Å². The number of hydrogen-bond donors (Lipinski definition) is 0. The fourth-order valence-electron chi connectivity index (χ4n) is 2.63. The highest BCUT2D eigenvalue weighted by Gasteiger charge is 2.32. The number of rotatable bonds is 2. The van der Waals surface area contributed by atoms with Crippen LogP contribution >= 0.6 is 11.5 Å². The van der Waals surface area contributed by atoms with E-state index in [1.807, 2.05) is 0 Å². The van der Waals surface area contributed by atoms with Crippen molar-refractivity contribution in [1.29, 1.82) is 0 Å². The van der Waals surface area contributed by atoms with E-state index in [1.54, 1.807) is 16.7 Å². The van der Waals surface area contributed by atoms with Crippen LogP contribution < -0.4 is 0 Å². The van der Waals surface area contributed by atoms with Crippen molar-refractivity contribution < 1.29 is 14.3 Å². The number of aromatic nitrogens is 2. The molecule has 0 N–H and O–H groups in total. The van der Waals surface area contributed by atoms with Crippen LogP contribution in [0.3, 0.4) is 0 Å².